The van der Waals surface area contributed by atoms with Crippen LogP contribution in [0.15, 0.2) is 85.1 Å². The molecule has 0 aromatic heterocycles. The predicted molar refractivity (Wildman–Crippen MR) is 321 cm³/mol. The molecule has 10 heteroatoms. The lowest BCUT2D eigenvalue weighted by molar-refractivity contribution is -0.161. The van der Waals surface area contributed by atoms with Gasteiger partial charge in [0.1, 0.15) is 6.61 Å². The van der Waals surface area contributed by atoms with Crippen LogP contribution in [0.25, 0.3) is 0 Å². The molecule has 0 aliphatic heterocycles. The van der Waals surface area contributed by atoms with Crippen molar-refractivity contribution in [1.82, 2.24) is 0 Å². The highest BCUT2D eigenvalue weighted by Gasteiger charge is 2.26. The fourth-order valence-corrected chi connectivity index (χ4v) is 9.46. The summed E-state index contributed by atoms with van der Waals surface area (Å²) in [5, 5.41) is 0. The monoisotopic (exact) mass is 1070 g/mol. The molecule has 9 nitrogen and oxygen atoms in total. The van der Waals surface area contributed by atoms with E-state index >= 15 is 0 Å². The van der Waals surface area contributed by atoms with Crippen LogP contribution in [0.1, 0.15) is 284 Å². The van der Waals surface area contributed by atoms with Gasteiger partial charge < -0.3 is 20.1 Å². The van der Waals surface area contributed by atoms with Crippen molar-refractivity contribution < 1.29 is 37.6 Å². The molecule has 0 aliphatic rings. The van der Waals surface area contributed by atoms with E-state index in [1.54, 1.807) is 0 Å². The zero-order valence-corrected chi connectivity index (χ0v) is 49.4. The summed E-state index contributed by atoms with van der Waals surface area (Å²) in [6.45, 7) is 3.64. The number of phosphoric ester groups is 1. The number of esters is 2. The number of unbranched alkanes of at least 4 members (excludes halogenated alkanes) is 31. The highest BCUT2D eigenvalue weighted by molar-refractivity contribution is 7.47. The molecule has 0 rings (SSSR count). The SMILES string of the molecule is CC/C=C\C/C=C\C/C=C\C/C=C\C/C=C\C/C=C\CCCCCCCCCCCCCCCCCCCCC(=O)OC(COC(=O)CCCCCCCCC/C=C\CCCCCCCC)COP(=O)(O)OCCN. The summed E-state index contributed by atoms with van der Waals surface area (Å²) in [7, 11) is -4.39. The van der Waals surface area contributed by atoms with E-state index in [1.165, 1.54) is 161 Å². The van der Waals surface area contributed by atoms with Gasteiger partial charge in [0, 0.05) is 19.4 Å². The van der Waals surface area contributed by atoms with Crippen molar-refractivity contribution in [3.63, 3.8) is 0 Å². The fourth-order valence-electron chi connectivity index (χ4n) is 8.69. The molecule has 0 aromatic rings. The first-order chi connectivity index (χ1) is 36.8. The summed E-state index contributed by atoms with van der Waals surface area (Å²) in [6, 6.07) is 0. The van der Waals surface area contributed by atoms with Gasteiger partial charge in [0.05, 0.1) is 13.2 Å². The van der Waals surface area contributed by atoms with Crippen LogP contribution in [0.4, 0.5) is 0 Å². The van der Waals surface area contributed by atoms with E-state index in [4.69, 9.17) is 24.3 Å². The Kier molecular flexibility index (Phi) is 58.2. The minimum atomic E-state index is -4.39. The molecule has 0 heterocycles. The molecule has 0 fully saturated rings. The topological polar surface area (TPSA) is 134 Å². The van der Waals surface area contributed by atoms with Crippen LogP contribution in [0.2, 0.25) is 0 Å². The van der Waals surface area contributed by atoms with Crippen LogP contribution in [0.5, 0.6) is 0 Å². The third-order valence-corrected chi connectivity index (χ3v) is 14.2. The molecular formula is C65H116NO8P. The third kappa shape index (κ3) is 60.3. The maximum Gasteiger partial charge on any atom is 0.472 e. The molecule has 3 N–H and O–H groups in total. The Morgan fingerprint density at radius 2 is 0.733 bits per heavy atom. The van der Waals surface area contributed by atoms with Gasteiger partial charge in [-0.25, -0.2) is 4.57 Å². The van der Waals surface area contributed by atoms with Gasteiger partial charge in [0.25, 0.3) is 0 Å². The van der Waals surface area contributed by atoms with Crippen LogP contribution in [-0.2, 0) is 32.7 Å². The van der Waals surface area contributed by atoms with E-state index in [0.29, 0.717) is 6.42 Å². The summed E-state index contributed by atoms with van der Waals surface area (Å²) in [5.41, 5.74) is 5.38. The Morgan fingerprint density at radius 1 is 0.413 bits per heavy atom. The molecule has 0 aromatic carbocycles. The largest absolute Gasteiger partial charge is 0.472 e. The van der Waals surface area contributed by atoms with Crippen molar-refractivity contribution in [2.75, 3.05) is 26.4 Å². The maximum atomic E-state index is 12.7. The number of phosphoric acid groups is 1. The predicted octanol–water partition coefficient (Wildman–Crippen LogP) is 19.9. The fraction of sp³-hybridized carbons (Fsp3) is 0.754. The van der Waals surface area contributed by atoms with Gasteiger partial charge in [0.2, 0.25) is 0 Å². The van der Waals surface area contributed by atoms with Crippen LogP contribution < -0.4 is 5.73 Å². The maximum absolute atomic E-state index is 12.7. The summed E-state index contributed by atoms with van der Waals surface area (Å²) >= 11 is 0. The molecule has 0 aliphatic carbocycles. The number of rotatable bonds is 58. The van der Waals surface area contributed by atoms with Crippen molar-refractivity contribution in [3.8, 4) is 0 Å². The van der Waals surface area contributed by atoms with E-state index < -0.39 is 26.5 Å². The number of carbonyl (C=O) groups is 2. The quantitative estimate of drug-likeness (QED) is 0.0264. The van der Waals surface area contributed by atoms with E-state index in [9.17, 15) is 19.0 Å². The van der Waals surface area contributed by atoms with Gasteiger partial charge in [-0.3, -0.25) is 18.6 Å². The second-order valence-corrected chi connectivity index (χ2v) is 22.0. The second-order valence-electron chi connectivity index (χ2n) is 20.5. The zero-order chi connectivity index (χ0) is 54.5. The molecule has 0 bridgehead atoms. The summed E-state index contributed by atoms with van der Waals surface area (Å²) < 4.78 is 33.1. The number of ether oxygens (including phenoxy) is 2. The van der Waals surface area contributed by atoms with Crippen molar-refractivity contribution >= 4 is 19.8 Å². The Balaban J connectivity index is 3.86. The second kappa shape index (κ2) is 60.4. The Bertz CT molecular complexity index is 1500. The minimum Gasteiger partial charge on any atom is -0.462 e. The molecule has 0 spiro atoms. The average molecular weight is 1070 g/mol. The standard InChI is InChI=1S/C65H116NO8P/c1-3-5-7-9-11-13-15-17-19-21-22-23-24-25-26-27-28-29-30-31-32-33-34-35-36-37-38-39-40-42-44-46-48-50-52-54-56-58-65(68)74-63(62-73-75(69,70)72-60-59-66)61-71-64(67)57-55-53-51-49-47-45-43-41-20-18-16-14-12-10-8-6-4-2/h5,7,11,13,17-20,22-23,25-26,28-29,63H,3-4,6,8-10,12,14-16,21,24,27,30-62,66H2,1-2H3,(H,69,70)/b7-5-,13-11-,19-17-,20-18-,23-22-,26-25-,29-28-. The number of carbonyl (C=O) groups excluding carboxylic acids is 2. The molecule has 0 radical (unpaired) electrons. The van der Waals surface area contributed by atoms with Crippen LogP contribution in [0, 0.1) is 0 Å². The molecule has 0 saturated carbocycles. The highest BCUT2D eigenvalue weighted by Crippen LogP contribution is 2.43. The third-order valence-electron chi connectivity index (χ3n) is 13.3. The van der Waals surface area contributed by atoms with Crippen molar-refractivity contribution in [2.45, 2.75) is 290 Å². The lowest BCUT2D eigenvalue weighted by atomic mass is 10.0. The number of allylic oxidation sites excluding steroid dienone is 14. The first-order valence-electron chi connectivity index (χ1n) is 31.1. The molecule has 434 valence electrons. The average Bonchev–Trinajstić information content (AvgIpc) is 3.40. The summed E-state index contributed by atoms with van der Waals surface area (Å²) in [5.74, 6) is -0.825. The van der Waals surface area contributed by atoms with Gasteiger partial charge in [0.15, 0.2) is 6.10 Å². The van der Waals surface area contributed by atoms with E-state index in [1.807, 2.05) is 0 Å². The molecule has 0 amide bonds. The van der Waals surface area contributed by atoms with Crippen molar-refractivity contribution in [2.24, 2.45) is 5.73 Å². The van der Waals surface area contributed by atoms with Gasteiger partial charge in [-0.05, 0) is 89.9 Å². The normalized spacial score (nSPS) is 13.6. The van der Waals surface area contributed by atoms with E-state index in [2.05, 4.69) is 98.9 Å². The van der Waals surface area contributed by atoms with E-state index in [0.717, 1.165) is 89.9 Å². The first-order valence-corrected chi connectivity index (χ1v) is 32.6. The van der Waals surface area contributed by atoms with Gasteiger partial charge in [-0.1, -0.05) is 266 Å². The molecule has 2 atom stereocenters. The molecular weight excluding hydrogens is 954 g/mol. The van der Waals surface area contributed by atoms with Crippen molar-refractivity contribution in [3.05, 3.63) is 85.1 Å². The van der Waals surface area contributed by atoms with Crippen molar-refractivity contribution in [1.29, 1.82) is 0 Å². The van der Waals surface area contributed by atoms with Gasteiger partial charge >= 0.3 is 19.8 Å². The van der Waals surface area contributed by atoms with Crippen LogP contribution in [0.3, 0.4) is 0 Å². The van der Waals surface area contributed by atoms with Gasteiger partial charge in [-0.2, -0.15) is 0 Å². The Hall–Kier alpha value is -2.81. The van der Waals surface area contributed by atoms with Crippen LogP contribution in [-0.4, -0.2) is 49.3 Å². The Morgan fingerprint density at radius 3 is 1.11 bits per heavy atom. The number of hydrogen-bond acceptors (Lipinski definition) is 8. The number of nitrogens with two attached hydrogens (primary N) is 1. The molecule has 75 heavy (non-hydrogen) atoms. The lowest BCUT2D eigenvalue weighted by Gasteiger charge is -2.19. The minimum absolute atomic E-state index is 0.0519. The summed E-state index contributed by atoms with van der Waals surface area (Å²) in [4.78, 5) is 35.2. The first kappa shape index (κ1) is 72.2. The smallest absolute Gasteiger partial charge is 0.462 e. The van der Waals surface area contributed by atoms with E-state index in [-0.39, 0.29) is 38.6 Å². The highest BCUT2D eigenvalue weighted by atomic mass is 31.2. The van der Waals surface area contributed by atoms with Gasteiger partial charge in [-0.15, -0.1) is 0 Å². The number of hydrogen-bond donors (Lipinski definition) is 2. The summed E-state index contributed by atoms with van der Waals surface area (Å²) in [6.07, 6.45) is 79.4. The van der Waals surface area contributed by atoms with Crippen LogP contribution >= 0.6 is 7.82 Å². The zero-order valence-electron chi connectivity index (χ0n) is 48.5. The molecule has 0 saturated heterocycles. The molecule has 2 unspecified atom stereocenters. The lowest BCUT2D eigenvalue weighted by Crippen LogP contribution is -2.29. The Labute approximate surface area is 462 Å².